The summed E-state index contributed by atoms with van der Waals surface area (Å²) in [6.07, 6.45) is 3.54. The van der Waals surface area contributed by atoms with E-state index >= 15 is 0 Å². The molecular formula is C21H35FN4O. The van der Waals surface area contributed by atoms with Crippen LogP contribution >= 0.6 is 0 Å². The lowest BCUT2D eigenvalue weighted by molar-refractivity contribution is 0.0625. The van der Waals surface area contributed by atoms with E-state index in [2.05, 4.69) is 36.1 Å². The first kappa shape index (κ1) is 21.6. The van der Waals surface area contributed by atoms with Gasteiger partial charge in [0.2, 0.25) is 0 Å². The number of halogens is 1. The largest absolute Gasteiger partial charge is 0.381 e. The maximum atomic E-state index is 13.0. The summed E-state index contributed by atoms with van der Waals surface area (Å²) in [7, 11) is 4.18. The molecule has 1 aliphatic rings. The zero-order chi connectivity index (χ0) is 19.5. The number of hydrogen-bond donors (Lipinski definition) is 1. The summed E-state index contributed by atoms with van der Waals surface area (Å²) in [6.45, 7) is 8.19. The Morgan fingerprint density at radius 3 is 2.56 bits per heavy atom. The van der Waals surface area contributed by atoms with Crippen LogP contribution in [0.25, 0.3) is 0 Å². The Hall–Kier alpha value is -1.66. The van der Waals surface area contributed by atoms with E-state index in [0.29, 0.717) is 0 Å². The van der Waals surface area contributed by atoms with E-state index in [-0.39, 0.29) is 5.82 Å². The quantitative estimate of drug-likeness (QED) is 0.530. The first-order valence-corrected chi connectivity index (χ1v) is 10.1. The molecular weight excluding hydrogens is 343 g/mol. The van der Waals surface area contributed by atoms with Crippen molar-refractivity contribution in [1.29, 1.82) is 0 Å². The fraction of sp³-hybridized carbons (Fsp3) is 0.667. The second-order valence-corrected chi connectivity index (χ2v) is 7.37. The van der Waals surface area contributed by atoms with Crippen LogP contribution < -0.4 is 5.32 Å². The Bertz CT molecular complexity index is 558. The second kappa shape index (κ2) is 11.9. The lowest BCUT2D eigenvalue weighted by atomic mass is 9.96. The normalized spacial score (nSPS) is 16.0. The second-order valence-electron chi connectivity index (χ2n) is 7.37. The molecule has 0 radical (unpaired) electrons. The Balaban J connectivity index is 1.76. The van der Waals surface area contributed by atoms with Gasteiger partial charge in [-0.25, -0.2) is 4.39 Å². The molecule has 1 aliphatic heterocycles. The third-order valence-corrected chi connectivity index (χ3v) is 5.02. The van der Waals surface area contributed by atoms with E-state index < -0.39 is 0 Å². The van der Waals surface area contributed by atoms with E-state index in [9.17, 15) is 4.39 Å². The van der Waals surface area contributed by atoms with E-state index in [4.69, 9.17) is 9.73 Å². The monoisotopic (exact) mass is 378 g/mol. The lowest BCUT2D eigenvalue weighted by Gasteiger charge is -2.27. The van der Waals surface area contributed by atoms with Crippen LogP contribution in [0.15, 0.2) is 29.3 Å². The molecule has 5 nitrogen and oxygen atoms in total. The number of benzene rings is 1. The molecule has 0 atom stereocenters. The van der Waals surface area contributed by atoms with Gasteiger partial charge in [-0.05, 0) is 56.8 Å². The number of ether oxygens (including phenoxy) is 1. The molecule has 1 aromatic carbocycles. The Kier molecular flexibility index (Phi) is 9.56. The maximum absolute atomic E-state index is 13.0. The van der Waals surface area contributed by atoms with E-state index in [1.807, 2.05) is 12.1 Å². The first-order valence-electron chi connectivity index (χ1n) is 10.1. The number of rotatable bonds is 9. The molecule has 0 aliphatic carbocycles. The van der Waals surface area contributed by atoms with Crippen molar-refractivity contribution in [1.82, 2.24) is 15.1 Å². The Labute approximate surface area is 163 Å². The van der Waals surface area contributed by atoms with Crippen LogP contribution in [0.1, 0.15) is 31.7 Å². The summed E-state index contributed by atoms with van der Waals surface area (Å²) in [5, 5.41) is 3.39. The summed E-state index contributed by atoms with van der Waals surface area (Å²) in [6, 6.07) is 6.70. The van der Waals surface area contributed by atoms with E-state index in [0.717, 1.165) is 63.4 Å². The number of guanidine groups is 1. The first-order chi connectivity index (χ1) is 13.1. The molecule has 1 fully saturated rings. The number of likely N-dealkylation sites (N-methyl/N-ethyl adjacent to an activating group) is 1. The summed E-state index contributed by atoms with van der Waals surface area (Å²) >= 11 is 0. The number of nitrogens with one attached hydrogen (secondary N) is 1. The Morgan fingerprint density at radius 1 is 1.19 bits per heavy atom. The molecule has 0 bridgehead atoms. The highest BCUT2D eigenvalue weighted by Gasteiger charge is 2.15. The highest BCUT2D eigenvalue weighted by molar-refractivity contribution is 5.79. The van der Waals surface area contributed by atoms with Crippen LogP contribution in [-0.2, 0) is 11.3 Å². The molecule has 1 aromatic rings. The van der Waals surface area contributed by atoms with Crippen molar-refractivity contribution in [3.63, 3.8) is 0 Å². The van der Waals surface area contributed by atoms with Gasteiger partial charge in [-0.1, -0.05) is 12.1 Å². The molecule has 0 spiro atoms. The predicted molar refractivity (Wildman–Crippen MR) is 110 cm³/mol. The van der Waals surface area contributed by atoms with Gasteiger partial charge in [0, 0.05) is 46.4 Å². The van der Waals surface area contributed by atoms with Gasteiger partial charge in [0.1, 0.15) is 5.82 Å². The SMILES string of the molecule is CCNC(=NCCN(C)Cc1ccc(F)cc1)N(C)CCC1CCOCC1. The van der Waals surface area contributed by atoms with Crippen molar-refractivity contribution < 1.29 is 9.13 Å². The molecule has 1 saturated heterocycles. The number of aliphatic imine (C=N–C) groups is 1. The van der Waals surface area contributed by atoms with E-state index in [1.54, 1.807) is 0 Å². The van der Waals surface area contributed by atoms with Gasteiger partial charge in [-0.2, -0.15) is 0 Å². The highest BCUT2D eigenvalue weighted by Crippen LogP contribution is 2.18. The van der Waals surface area contributed by atoms with Crippen molar-refractivity contribution in [2.24, 2.45) is 10.9 Å². The number of nitrogens with zero attached hydrogens (tertiary/aromatic N) is 3. The van der Waals surface area contributed by atoms with E-state index in [1.165, 1.54) is 31.4 Å². The minimum atomic E-state index is -0.190. The summed E-state index contributed by atoms with van der Waals surface area (Å²) in [5.74, 6) is 1.55. The highest BCUT2D eigenvalue weighted by atomic mass is 19.1. The molecule has 27 heavy (non-hydrogen) atoms. The van der Waals surface area contributed by atoms with Crippen molar-refractivity contribution in [2.45, 2.75) is 32.7 Å². The van der Waals surface area contributed by atoms with Crippen molar-refractivity contribution in [2.75, 3.05) is 53.5 Å². The van der Waals surface area contributed by atoms with Gasteiger partial charge in [0.25, 0.3) is 0 Å². The van der Waals surface area contributed by atoms with Crippen LogP contribution in [0.4, 0.5) is 4.39 Å². The smallest absolute Gasteiger partial charge is 0.193 e. The summed E-state index contributed by atoms with van der Waals surface area (Å²) < 4.78 is 18.4. The minimum absolute atomic E-state index is 0.190. The summed E-state index contributed by atoms with van der Waals surface area (Å²) in [5.41, 5.74) is 1.11. The molecule has 6 heteroatoms. The van der Waals surface area contributed by atoms with Gasteiger partial charge in [0.15, 0.2) is 5.96 Å². The van der Waals surface area contributed by atoms with Crippen molar-refractivity contribution >= 4 is 5.96 Å². The van der Waals surface area contributed by atoms with Crippen LogP contribution in [0, 0.1) is 11.7 Å². The average molecular weight is 379 g/mol. The standard InChI is InChI=1S/C21H35FN4O/c1-4-23-21(26(3)13-9-18-10-15-27-16-11-18)24-12-14-25(2)17-19-5-7-20(22)8-6-19/h5-8,18H,4,9-17H2,1-3H3,(H,23,24). The fourth-order valence-electron chi connectivity index (χ4n) is 3.29. The molecule has 1 N–H and O–H groups in total. The lowest BCUT2D eigenvalue weighted by Crippen LogP contribution is -2.40. The minimum Gasteiger partial charge on any atom is -0.381 e. The van der Waals surface area contributed by atoms with Crippen LogP contribution in [0.5, 0.6) is 0 Å². The molecule has 0 amide bonds. The average Bonchev–Trinajstić information content (AvgIpc) is 2.68. The Morgan fingerprint density at radius 2 is 1.89 bits per heavy atom. The van der Waals surface area contributed by atoms with Gasteiger partial charge < -0.3 is 19.9 Å². The molecule has 0 saturated carbocycles. The molecule has 152 valence electrons. The zero-order valence-corrected chi connectivity index (χ0v) is 17.1. The van der Waals surface area contributed by atoms with Crippen molar-refractivity contribution in [3.8, 4) is 0 Å². The third kappa shape index (κ3) is 8.26. The topological polar surface area (TPSA) is 40.1 Å². The van der Waals surface area contributed by atoms with Crippen LogP contribution in [-0.4, -0.2) is 69.2 Å². The summed E-state index contributed by atoms with van der Waals surface area (Å²) in [4.78, 5) is 9.22. The third-order valence-electron chi connectivity index (χ3n) is 5.02. The van der Waals surface area contributed by atoms with Gasteiger partial charge in [-0.3, -0.25) is 4.99 Å². The molecule has 0 aromatic heterocycles. The fourth-order valence-corrected chi connectivity index (χ4v) is 3.29. The van der Waals surface area contributed by atoms with Gasteiger partial charge >= 0.3 is 0 Å². The number of hydrogen-bond acceptors (Lipinski definition) is 3. The molecule has 1 heterocycles. The van der Waals surface area contributed by atoms with Crippen molar-refractivity contribution in [3.05, 3.63) is 35.6 Å². The maximum Gasteiger partial charge on any atom is 0.193 e. The molecule has 0 unspecified atom stereocenters. The van der Waals surface area contributed by atoms with Gasteiger partial charge in [-0.15, -0.1) is 0 Å². The van der Waals surface area contributed by atoms with Crippen LogP contribution in [0.2, 0.25) is 0 Å². The van der Waals surface area contributed by atoms with Gasteiger partial charge in [0.05, 0.1) is 6.54 Å². The van der Waals surface area contributed by atoms with Crippen LogP contribution in [0.3, 0.4) is 0 Å². The molecule has 2 rings (SSSR count). The zero-order valence-electron chi connectivity index (χ0n) is 17.1. The predicted octanol–water partition coefficient (Wildman–Crippen LogP) is 2.97.